The van der Waals surface area contributed by atoms with Gasteiger partial charge in [-0.15, -0.1) is 37.2 Å². The maximum absolute atomic E-state index is 0. The van der Waals surface area contributed by atoms with Crippen molar-refractivity contribution in [2.45, 2.75) is 0 Å². The zero-order chi connectivity index (χ0) is 0. The van der Waals surface area contributed by atoms with Crippen LogP contribution < -0.4 is 0 Å². The first-order chi connectivity index (χ1) is 0. The molecule has 0 heterocycles. The Morgan fingerprint density at radius 2 is 0.182 bits per heavy atom. The predicted molar refractivity (Wildman–Crippen MR) is 21.7 cm³/mol. The summed E-state index contributed by atoms with van der Waals surface area (Å²) in [4.78, 5) is 0. The molecule has 8 radical (unpaired) electrons. The topological polar surface area (TPSA) is 0 Å². The van der Waals surface area contributed by atoms with E-state index in [1.165, 1.54) is 0 Å². The van der Waals surface area contributed by atoms with E-state index in [1.807, 2.05) is 0 Å². The Labute approximate surface area is 211 Å². The molecule has 0 aromatic carbocycles. The fraction of sp³-hybridized carbons (Fsp3) is 0. The Kier molecular flexibility index (Phi) is 897. The van der Waals surface area contributed by atoms with Crippen LogP contribution in [0, 0.1) is 0 Å². The molecule has 64 valence electrons. The second-order valence-corrected chi connectivity index (χ2v) is 0. The van der Waals surface area contributed by atoms with E-state index in [2.05, 4.69) is 0 Å². The Balaban J connectivity index is 0. The van der Waals surface area contributed by atoms with Crippen LogP contribution in [0.4, 0.5) is 0 Å². The molecule has 0 bridgehead atoms. The van der Waals surface area contributed by atoms with E-state index < -0.39 is 0 Å². The number of hydrogen-bond acceptors (Lipinski definition) is 0. The van der Waals surface area contributed by atoms with Crippen molar-refractivity contribution in [3.63, 3.8) is 0 Å². The molecule has 11 heavy (non-hydrogen) atoms. The fourth-order valence-corrected chi connectivity index (χ4v) is 0. The van der Waals surface area contributed by atoms with Crippen molar-refractivity contribution in [3.05, 3.63) is 0 Å². The molecule has 0 amide bonds. The molecule has 0 rings (SSSR count). The van der Waals surface area contributed by atoms with Gasteiger partial charge in [0.2, 0.25) is 0 Å². The van der Waals surface area contributed by atoms with E-state index in [-0.39, 0.29) is 216 Å². The molecule has 0 fully saturated rings. The first kappa shape index (κ1) is 109. The predicted octanol–water partition coefficient (Wildman–Crippen LogP) is 1.25. The van der Waals surface area contributed by atoms with Gasteiger partial charge in [0.25, 0.3) is 0 Å². The third-order valence-electron chi connectivity index (χ3n) is 0. The van der Waals surface area contributed by atoms with E-state index >= 15 is 0 Å². The van der Waals surface area contributed by atoms with E-state index in [1.54, 1.807) is 0 Å². The molecular formula is H3Cl3Nb8. The van der Waals surface area contributed by atoms with Gasteiger partial charge in [-0.25, -0.2) is 0 Å². The molecule has 0 unspecified atom stereocenters. The molecule has 0 aromatic heterocycles. The molecule has 0 nitrogen and oxygen atoms in total. The van der Waals surface area contributed by atoms with E-state index in [9.17, 15) is 0 Å². The first-order valence-corrected chi connectivity index (χ1v) is 0. The van der Waals surface area contributed by atoms with Crippen molar-refractivity contribution < 1.29 is 179 Å². The van der Waals surface area contributed by atoms with Crippen LogP contribution >= 0.6 is 37.2 Å². The SMILES string of the molecule is Cl.Cl.Cl.[Nb].[Nb].[Nb].[Nb].[Nb].[Nb].[Nb].[Nb]. The summed E-state index contributed by atoms with van der Waals surface area (Å²) < 4.78 is 0. The molecule has 0 N–H and O–H groups in total. The smallest absolute Gasteiger partial charge is 0 e. The van der Waals surface area contributed by atoms with Gasteiger partial charge < -0.3 is 0 Å². The largest absolute Gasteiger partial charge is 0.147 e. The number of rotatable bonds is 0. The molecule has 0 atom stereocenters. The Bertz CT molecular complexity index is 9.30. The van der Waals surface area contributed by atoms with Gasteiger partial charge in [0, 0.05) is 179 Å². The second-order valence-electron chi connectivity index (χ2n) is 0. The summed E-state index contributed by atoms with van der Waals surface area (Å²) in [5, 5.41) is 0. The van der Waals surface area contributed by atoms with Gasteiger partial charge >= 0.3 is 0 Å². The van der Waals surface area contributed by atoms with E-state index in [0.717, 1.165) is 0 Å². The summed E-state index contributed by atoms with van der Waals surface area (Å²) >= 11 is 0. The first-order valence-electron chi connectivity index (χ1n) is 0. The van der Waals surface area contributed by atoms with Gasteiger partial charge in [0.05, 0.1) is 0 Å². The van der Waals surface area contributed by atoms with Gasteiger partial charge in [0.1, 0.15) is 0 Å². The monoisotopic (exact) mass is 851 g/mol. The third-order valence-corrected chi connectivity index (χ3v) is 0. The fourth-order valence-electron chi connectivity index (χ4n) is 0. The molecule has 11 heteroatoms. The van der Waals surface area contributed by atoms with Crippen molar-refractivity contribution >= 4 is 37.2 Å². The van der Waals surface area contributed by atoms with Crippen LogP contribution in [0.2, 0.25) is 0 Å². The summed E-state index contributed by atoms with van der Waals surface area (Å²) in [6.45, 7) is 0. The minimum atomic E-state index is 0. The molecule has 0 spiro atoms. The molecule has 0 saturated heterocycles. The van der Waals surface area contributed by atoms with Crippen LogP contribution in [0.3, 0.4) is 0 Å². The van der Waals surface area contributed by atoms with Gasteiger partial charge in [0.15, 0.2) is 0 Å². The summed E-state index contributed by atoms with van der Waals surface area (Å²) in [5.41, 5.74) is 0. The second kappa shape index (κ2) is 90.8. The molecule has 0 aromatic rings. The van der Waals surface area contributed by atoms with Crippen molar-refractivity contribution in [2.75, 3.05) is 0 Å². The van der Waals surface area contributed by atoms with Gasteiger partial charge in [-0.3, -0.25) is 0 Å². The summed E-state index contributed by atoms with van der Waals surface area (Å²) in [5.74, 6) is 0. The van der Waals surface area contributed by atoms with Crippen LogP contribution in [-0.4, -0.2) is 0 Å². The Morgan fingerprint density at radius 1 is 0.182 bits per heavy atom. The van der Waals surface area contributed by atoms with Gasteiger partial charge in [-0.2, -0.15) is 0 Å². The molecular weight excluding hydrogens is 850 g/mol. The van der Waals surface area contributed by atoms with Crippen molar-refractivity contribution in [1.82, 2.24) is 0 Å². The van der Waals surface area contributed by atoms with Crippen LogP contribution in [0.5, 0.6) is 0 Å². The van der Waals surface area contributed by atoms with Crippen molar-refractivity contribution in [2.24, 2.45) is 0 Å². The maximum atomic E-state index is 0. The maximum Gasteiger partial charge on any atom is 0 e. The zero-order valence-electron chi connectivity index (χ0n) is 4.80. The standard InChI is InChI=1S/3ClH.8Nb/h3*1H;;;;;;;;. The molecule has 0 aliphatic heterocycles. The zero-order valence-corrected chi connectivity index (χ0v) is 24.8. The van der Waals surface area contributed by atoms with Gasteiger partial charge in [-0.1, -0.05) is 0 Å². The van der Waals surface area contributed by atoms with Crippen LogP contribution in [0.1, 0.15) is 0 Å². The van der Waals surface area contributed by atoms with E-state index in [4.69, 9.17) is 0 Å². The van der Waals surface area contributed by atoms with Crippen molar-refractivity contribution in [1.29, 1.82) is 0 Å². The molecule has 0 aliphatic rings. The number of hydrogen-bond donors (Lipinski definition) is 0. The third kappa shape index (κ3) is 79.6. The van der Waals surface area contributed by atoms with Crippen molar-refractivity contribution in [3.8, 4) is 0 Å². The average Bonchev–Trinajstić information content (AvgIpc) is 0. The van der Waals surface area contributed by atoms with Gasteiger partial charge in [-0.05, 0) is 0 Å². The van der Waals surface area contributed by atoms with Crippen LogP contribution in [-0.2, 0) is 179 Å². The molecule has 0 aliphatic carbocycles. The Morgan fingerprint density at radius 3 is 0.182 bits per heavy atom. The van der Waals surface area contributed by atoms with Crippen LogP contribution in [0.15, 0.2) is 0 Å². The van der Waals surface area contributed by atoms with E-state index in [0.29, 0.717) is 0 Å². The normalized spacial score (nSPS) is 0. The van der Waals surface area contributed by atoms with Crippen LogP contribution in [0.25, 0.3) is 0 Å². The Hall–Kier alpha value is 6.79. The summed E-state index contributed by atoms with van der Waals surface area (Å²) in [6, 6.07) is 0. The minimum absolute atomic E-state index is 0. The average molecular weight is 853 g/mol. The minimum Gasteiger partial charge on any atom is -0.147 e. The summed E-state index contributed by atoms with van der Waals surface area (Å²) in [6.07, 6.45) is 0. The quantitative estimate of drug-likeness (QED) is 0.323. The molecule has 0 saturated carbocycles. The number of halogens is 3. The summed E-state index contributed by atoms with van der Waals surface area (Å²) in [7, 11) is 0.